The van der Waals surface area contributed by atoms with E-state index in [0.29, 0.717) is 15.6 Å². The minimum Gasteiger partial charge on any atom is -0.478 e. The first kappa shape index (κ1) is 20.1. The number of carbonyl (C=O) groups is 2. The van der Waals surface area contributed by atoms with Crippen molar-refractivity contribution in [1.82, 2.24) is 0 Å². The second kappa shape index (κ2) is 8.56. The largest absolute Gasteiger partial charge is 0.478 e. The number of rotatable bonds is 3. The Morgan fingerprint density at radius 3 is 2.46 bits per heavy atom. The number of carbonyl (C=O) groups excluding carboxylic acids is 1. The molecule has 0 saturated carbocycles. The lowest BCUT2D eigenvalue weighted by molar-refractivity contribution is -0.111. The van der Waals surface area contributed by atoms with Gasteiger partial charge in [0.05, 0.1) is 0 Å². The summed E-state index contributed by atoms with van der Waals surface area (Å²) in [7, 11) is 0. The van der Waals surface area contributed by atoms with Crippen LogP contribution >= 0.6 is 22.9 Å². The monoisotopic (exact) mass is 414 g/mol. The van der Waals surface area contributed by atoms with Crippen molar-refractivity contribution in [3.63, 3.8) is 0 Å². The number of aromatic carboxylic acids is 1. The molecule has 28 heavy (non-hydrogen) atoms. The Labute approximate surface area is 171 Å². The molecule has 0 bridgehead atoms. The van der Waals surface area contributed by atoms with Gasteiger partial charge in [-0.15, -0.1) is 11.3 Å². The second-order valence-electron chi connectivity index (χ2n) is 6.43. The van der Waals surface area contributed by atoms with Gasteiger partial charge in [-0.25, -0.2) is 4.79 Å². The third-order valence-electron chi connectivity index (χ3n) is 4.69. The van der Waals surface area contributed by atoms with Crippen LogP contribution in [0.2, 0.25) is 5.02 Å². The molecule has 0 amide bonds. The quantitative estimate of drug-likeness (QED) is 0.550. The molecule has 0 aliphatic heterocycles. The molecule has 5 N–H and O–H groups in total. The molecule has 1 aliphatic carbocycles. The number of benzene rings is 2. The molecule has 1 aromatic heterocycles. The molecule has 0 fully saturated rings. The van der Waals surface area contributed by atoms with E-state index in [1.54, 1.807) is 29.6 Å². The van der Waals surface area contributed by atoms with Gasteiger partial charge in [0.15, 0.2) is 0 Å². The number of hydrogen-bond acceptors (Lipinski definition) is 5. The molecule has 5 nitrogen and oxygen atoms in total. The molecule has 2 aromatic carbocycles. The molecule has 0 spiro atoms. The van der Waals surface area contributed by atoms with Crippen molar-refractivity contribution in [1.29, 1.82) is 0 Å². The van der Waals surface area contributed by atoms with Gasteiger partial charge in [0.1, 0.15) is 16.9 Å². The van der Waals surface area contributed by atoms with Crippen LogP contribution in [0.1, 0.15) is 27.5 Å². The number of anilines is 1. The van der Waals surface area contributed by atoms with Gasteiger partial charge in [-0.3, -0.25) is 0 Å². The molecular weight excluding hydrogens is 396 g/mol. The van der Waals surface area contributed by atoms with Crippen LogP contribution in [0.5, 0.6) is 0 Å². The molecule has 0 radical (unpaired) electrons. The summed E-state index contributed by atoms with van der Waals surface area (Å²) < 4.78 is 0. The van der Waals surface area contributed by atoms with Crippen molar-refractivity contribution < 1.29 is 14.7 Å². The summed E-state index contributed by atoms with van der Waals surface area (Å²) in [5, 5.41) is 11.7. The maximum absolute atomic E-state index is 11.0. The first-order chi connectivity index (χ1) is 13.4. The Bertz CT molecular complexity index is 1000. The van der Waals surface area contributed by atoms with Crippen molar-refractivity contribution in [2.45, 2.75) is 12.5 Å². The summed E-state index contributed by atoms with van der Waals surface area (Å²) >= 11 is 6.99. The number of fused-ring (bicyclic) bond motifs is 1. The molecule has 0 saturated heterocycles. The van der Waals surface area contributed by atoms with Crippen molar-refractivity contribution in [2.24, 2.45) is 11.7 Å². The Kier molecular flexibility index (Phi) is 6.14. The van der Waals surface area contributed by atoms with Gasteiger partial charge < -0.3 is 21.4 Å². The maximum Gasteiger partial charge on any atom is 0.339 e. The summed E-state index contributed by atoms with van der Waals surface area (Å²) in [6.07, 6.45) is 1.77. The van der Waals surface area contributed by atoms with Crippen LogP contribution in [0.3, 0.4) is 0 Å². The van der Waals surface area contributed by atoms with Crippen LogP contribution in [-0.2, 0) is 11.2 Å². The lowest BCUT2D eigenvalue weighted by Crippen LogP contribution is -2.17. The van der Waals surface area contributed by atoms with E-state index in [9.17, 15) is 9.59 Å². The average molecular weight is 415 g/mol. The van der Waals surface area contributed by atoms with Crippen LogP contribution in [-0.4, -0.2) is 17.4 Å². The average Bonchev–Trinajstić information content (AvgIpc) is 3.23. The summed E-state index contributed by atoms with van der Waals surface area (Å²) in [5.41, 5.74) is 15.4. The summed E-state index contributed by atoms with van der Waals surface area (Å²) in [6, 6.07) is 14.9. The van der Waals surface area contributed by atoms with Crippen molar-refractivity contribution in [2.75, 3.05) is 5.73 Å². The van der Waals surface area contributed by atoms with Gasteiger partial charge in [0.25, 0.3) is 0 Å². The highest BCUT2D eigenvalue weighted by Gasteiger charge is 2.28. The molecule has 1 heterocycles. The molecule has 144 valence electrons. The minimum absolute atomic E-state index is 0.0117. The highest BCUT2D eigenvalue weighted by Crippen LogP contribution is 2.34. The van der Waals surface area contributed by atoms with E-state index in [4.69, 9.17) is 28.2 Å². The zero-order chi connectivity index (χ0) is 20.3. The lowest BCUT2D eigenvalue weighted by Gasteiger charge is -2.07. The Morgan fingerprint density at radius 1 is 1.18 bits per heavy atom. The highest BCUT2D eigenvalue weighted by molar-refractivity contribution is 7.14. The predicted molar refractivity (Wildman–Crippen MR) is 113 cm³/mol. The number of halogens is 1. The minimum atomic E-state index is -1.01. The van der Waals surface area contributed by atoms with Crippen LogP contribution in [0.15, 0.2) is 53.9 Å². The first-order valence-corrected chi connectivity index (χ1v) is 9.83. The second-order valence-corrected chi connectivity index (χ2v) is 7.78. The Morgan fingerprint density at radius 2 is 1.86 bits per heavy atom. The summed E-state index contributed by atoms with van der Waals surface area (Å²) in [6.45, 7) is 0. The normalized spacial score (nSPS) is 17.4. The fraction of sp³-hybridized carbons (Fsp3) is 0.143. The number of aldehydes is 1. The third kappa shape index (κ3) is 4.09. The lowest BCUT2D eigenvalue weighted by atomic mass is 10.0. The number of hydrogen-bond donors (Lipinski definition) is 3. The zero-order valence-corrected chi connectivity index (χ0v) is 16.4. The highest BCUT2D eigenvalue weighted by atomic mass is 35.5. The van der Waals surface area contributed by atoms with E-state index in [2.05, 4.69) is 0 Å². The number of nitrogens with two attached hydrogens (primary N) is 2. The Balaban J connectivity index is 0.000000167. The van der Waals surface area contributed by atoms with E-state index in [1.165, 1.54) is 16.9 Å². The van der Waals surface area contributed by atoms with Crippen LogP contribution < -0.4 is 11.5 Å². The molecule has 3 aromatic rings. The summed E-state index contributed by atoms with van der Waals surface area (Å²) in [4.78, 5) is 21.7. The van der Waals surface area contributed by atoms with Gasteiger partial charge in [-0.05, 0) is 35.2 Å². The fourth-order valence-electron chi connectivity index (χ4n) is 3.22. The van der Waals surface area contributed by atoms with E-state index in [1.807, 2.05) is 24.3 Å². The first-order valence-electron chi connectivity index (χ1n) is 8.57. The summed E-state index contributed by atoms with van der Waals surface area (Å²) in [5.74, 6) is -1.02. The van der Waals surface area contributed by atoms with Gasteiger partial charge in [0, 0.05) is 27.9 Å². The molecule has 4 rings (SSSR count). The molecule has 2 atom stereocenters. The van der Waals surface area contributed by atoms with E-state index in [-0.39, 0.29) is 17.5 Å². The third-order valence-corrected chi connectivity index (χ3v) is 5.76. The van der Waals surface area contributed by atoms with Gasteiger partial charge in [-0.1, -0.05) is 48.0 Å². The van der Waals surface area contributed by atoms with Crippen molar-refractivity contribution in [3.05, 3.63) is 75.6 Å². The van der Waals surface area contributed by atoms with E-state index < -0.39 is 5.97 Å². The maximum atomic E-state index is 11.0. The van der Waals surface area contributed by atoms with E-state index in [0.717, 1.165) is 23.8 Å². The topological polar surface area (TPSA) is 106 Å². The van der Waals surface area contributed by atoms with Crippen molar-refractivity contribution in [3.8, 4) is 11.1 Å². The van der Waals surface area contributed by atoms with Gasteiger partial charge in [-0.2, -0.15) is 0 Å². The van der Waals surface area contributed by atoms with Crippen LogP contribution in [0, 0.1) is 5.92 Å². The number of carboxylic acid groups (broad SMARTS) is 1. The molecule has 1 aliphatic rings. The van der Waals surface area contributed by atoms with E-state index >= 15 is 0 Å². The van der Waals surface area contributed by atoms with Crippen molar-refractivity contribution >= 4 is 40.2 Å². The standard InChI is InChI=1S/C11H8ClNO2S.C10H11NO/c12-7-3-1-6(2-4-7)8-5-16-10(13)9(8)11(14)15;11-10-8(6-12)5-7-3-1-2-4-9(7)10/h1-5H,13H2,(H,14,15);1-4,6,8,10H,5,11H2/t;8-,10+/m.1/s1. The molecule has 0 unspecified atom stereocenters. The number of nitrogen functional groups attached to an aromatic ring is 1. The van der Waals surface area contributed by atoms with Crippen LogP contribution in [0.25, 0.3) is 11.1 Å². The smallest absolute Gasteiger partial charge is 0.339 e. The Hall–Kier alpha value is -2.67. The number of thiophene rings is 1. The number of carboxylic acids is 1. The van der Waals surface area contributed by atoms with Crippen LogP contribution in [0.4, 0.5) is 5.00 Å². The fourth-order valence-corrected chi connectivity index (χ4v) is 4.16. The van der Waals surface area contributed by atoms with Gasteiger partial charge >= 0.3 is 5.97 Å². The predicted octanol–water partition coefficient (Wildman–Crippen LogP) is 4.41. The molecule has 7 heteroatoms. The zero-order valence-electron chi connectivity index (χ0n) is 14.8. The van der Waals surface area contributed by atoms with Gasteiger partial charge in [0.2, 0.25) is 0 Å². The molecular formula is C21H19ClN2O3S. The SMILES string of the molecule is N[C@@H]1c2ccccc2C[C@@H]1C=O.Nc1scc(-c2ccc(Cl)cc2)c1C(=O)O.